The molecule has 0 saturated carbocycles. The Morgan fingerprint density at radius 1 is 0.741 bits per heavy atom. The first-order chi connectivity index (χ1) is 13.0. The summed E-state index contributed by atoms with van der Waals surface area (Å²) >= 11 is 0. The summed E-state index contributed by atoms with van der Waals surface area (Å²) in [5, 5.41) is 0. The highest BCUT2D eigenvalue weighted by atomic mass is 16.6. The minimum absolute atomic E-state index is 0.0670. The van der Waals surface area contributed by atoms with Crippen LogP contribution in [0, 0.1) is 0 Å². The summed E-state index contributed by atoms with van der Waals surface area (Å²) in [5.74, 6) is 0.463. The molecule has 0 aliphatic rings. The van der Waals surface area contributed by atoms with Gasteiger partial charge in [0.05, 0.1) is 46.2 Å². The number of carbonyl (C=O) groups is 1. The fourth-order valence-corrected chi connectivity index (χ4v) is 1.92. The highest BCUT2D eigenvalue weighted by Crippen LogP contribution is 2.07. The van der Waals surface area contributed by atoms with E-state index in [4.69, 9.17) is 28.4 Å². The summed E-state index contributed by atoms with van der Waals surface area (Å²) < 4.78 is 32.0. The van der Waals surface area contributed by atoms with Gasteiger partial charge in [-0.1, -0.05) is 18.2 Å². The molecule has 0 unspecified atom stereocenters. The molecule has 0 bridgehead atoms. The monoisotopic (exact) mass is 384 g/mol. The first kappa shape index (κ1) is 23.4. The van der Waals surface area contributed by atoms with Gasteiger partial charge in [0.1, 0.15) is 24.6 Å². The number of hydrogen-bond donors (Lipinski definition) is 0. The minimum atomic E-state index is -0.493. The number of esters is 1. The van der Waals surface area contributed by atoms with Gasteiger partial charge in [0.2, 0.25) is 0 Å². The third-order valence-corrected chi connectivity index (χ3v) is 3.00. The molecule has 0 heterocycles. The van der Waals surface area contributed by atoms with E-state index in [0.29, 0.717) is 52.9 Å². The van der Waals surface area contributed by atoms with Gasteiger partial charge < -0.3 is 28.4 Å². The fraction of sp³-hybridized carbons (Fsp3) is 0.650. The van der Waals surface area contributed by atoms with Crippen LogP contribution in [0.4, 0.5) is 0 Å². The maximum absolute atomic E-state index is 11.4. The zero-order valence-electron chi connectivity index (χ0n) is 16.6. The van der Waals surface area contributed by atoms with E-state index >= 15 is 0 Å². The maximum Gasteiger partial charge on any atom is 0.332 e. The second-order valence-electron chi connectivity index (χ2n) is 6.64. The molecule has 0 fully saturated rings. The van der Waals surface area contributed by atoms with Crippen LogP contribution >= 0.6 is 0 Å². The van der Waals surface area contributed by atoms with E-state index in [9.17, 15) is 4.79 Å². The van der Waals surface area contributed by atoms with Crippen molar-refractivity contribution >= 4 is 5.97 Å². The van der Waals surface area contributed by atoms with Gasteiger partial charge in [0.15, 0.2) is 0 Å². The Morgan fingerprint density at radius 3 is 1.74 bits per heavy atom. The van der Waals surface area contributed by atoms with Gasteiger partial charge in [-0.15, -0.1) is 0 Å². The highest BCUT2D eigenvalue weighted by molar-refractivity contribution is 5.71. The molecule has 0 radical (unpaired) electrons. The van der Waals surface area contributed by atoms with Gasteiger partial charge in [-0.05, 0) is 32.9 Å². The van der Waals surface area contributed by atoms with E-state index in [-0.39, 0.29) is 12.6 Å². The number of rotatable bonds is 15. The molecule has 7 heteroatoms. The van der Waals surface area contributed by atoms with Crippen LogP contribution in [-0.4, -0.2) is 71.0 Å². The summed E-state index contributed by atoms with van der Waals surface area (Å²) in [7, 11) is 0. The molecule has 0 N–H and O–H groups in total. The molecule has 1 rings (SSSR count). The second kappa shape index (κ2) is 14.4. The first-order valence-electron chi connectivity index (χ1n) is 9.18. The average Bonchev–Trinajstić information content (AvgIpc) is 2.61. The van der Waals surface area contributed by atoms with Gasteiger partial charge in [0.25, 0.3) is 0 Å². The number of hydrogen-bond acceptors (Lipinski definition) is 7. The molecule has 1 aromatic carbocycles. The third-order valence-electron chi connectivity index (χ3n) is 3.00. The highest BCUT2D eigenvalue weighted by Gasteiger charge is 2.15. The van der Waals surface area contributed by atoms with Crippen LogP contribution in [0.15, 0.2) is 30.3 Å². The quantitative estimate of drug-likeness (QED) is 0.340. The summed E-state index contributed by atoms with van der Waals surface area (Å²) in [6.45, 7) is 9.11. The van der Waals surface area contributed by atoms with E-state index in [1.54, 1.807) is 0 Å². The fourth-order valence-electron chi connectivity index (χ4n) is 1.92. The Morgan fingerprint density at radius 2 is 1.22 bits per heavy atom. The molecule has 1 aromatic rings. The zero-order valence-corrected chi connectivity index (χ0v) is 16.6. The summed E-state index contributed by atoms with van der Waals surface area (Å²) in [4.78, 5) is 11.4. The molecule has 0 amide bonds. The van der Waals surface area contributed by atoms with Gasteiger partial charge >= 0.3 is 5.97 Å². The van der Waals surface area contributed by atoms with E-state index in [1.165, 1.54) is 0 Å². The van der Waals surface area contributed by atoms with Crippen LogP contribution in [0.3, 0.4) is 0 Å². The summed E-state index contributed by atoms with van der Waals surface area (Å²) in [5.41, 5.74) is -0.493. The summed E-state index contributed by atoms with van der Waals surface area (Å²) in [6.07, 6.45) is 0. The molecule has 27 heavy (non-hydrogen) atoms. The predicted octanol–water partition coefficient (Wildman–Crippen LogP) is 2.47. The van der Waals surface area contributed by atoms with Crippen molar-refractivity contribution in [3.63, 3.8) is 0 Å². The Bertz CT molecular complexity index is 485. The number of para-hydroxylation sites is 1. The molecule has 154 valence electrons. The lowest BCUT2D eigenvalue weighted by molar-refractivity contribution is -0.160. The molecule has 0 saturated heterocycles. The van der Waals surface area contributed by atoms with Crippen molar-refractivity contribution in [1.29, 1.82) is 0 Å². The molecular weight excluding hydrogens is 352 g/mol. The number of ether oxygens (including phenoxy) is 6. The van der Waals surface area contributed by atoms with Crippen LogP contribution in [0.2, 0.25) is 0 Å². The van der Waals surface area contributed by atoms with E-state index < -0.39 is 5.60 Å². The first-order valence-corrected chi connectivity index (χ1v) is 9.18. The molecule has 0 atom stereocenters. The molecule has 0 spiro atoms. The van der Waals surface area contributed by atoms with Crippen LogP contribution in [0.25, 0.3) is 0 Å². The van der Waals surface area contributed by atoms with Crippen molar-refractivity contribution < 1.29 is 33.2 Å². The van der Waals surface area contributed by atoms with E-state index in [0.717, 1.165) is 5.75 Å². The van der Waals surface area contributed by atoms with Crippen LogP contribution in [-0.2, 0) is 28.5 Å². The molecular formula is C20H32O7. The van der Waals surface area contributed by atoms with Gasteiger partial charge in [-0.2, -0.15) is 0 Å². The number of carbonyl (C=O) groups excluding carboxylic acids is 1. The molecule has 0 aromatic heterocycles. The lowest BCUT2D eigenvalue weighted by Gasteiger charge is -2.19. The lowest BCUT2D eigenvalue weighted by Crippen LogP contribution is -2.27. The van der Waals surface area contributed by atoms with Crippen molar-refractivity contribution in [1.82, 2.24) is 0 Å². The topological polar surface area (TPSA) is 72.5 Å². The molecule has 7 nitrogen and oxygen atoms in total. The Balaban J connectivity index is 1.77. The van der Waals surface area contributed by atoms with E-state index in [1.807, 2.05) is 51.1 Å². The largest absolute Gasteiger partial charge is 0.491 e. The average molecular weight is 384 g/mol. The SMILES string of the molecule is CC(C)(C)OC(=O)COCCOCCOCCOCCOc1ccccc1. The molecule has 0 aliphatic heterocycles. The number of benzene rings is 1. The third kappa shape index (κ3) is 15.1. The van der Waals surface area contributed by atoms with Crippen molar-refractivity contribution in [2.24, 2.45) is 0 Å². The Hall–Kier alpha value is -1.67. The second-order valence-corrected chi connectivity index (χ2v) is 6.64. The lowest BCUT2D eigenvalue weighted by atomic mass is 10.2. The normalized spacial score (nSPS) is 11.4. The van der Waals surface area contributed by atoms with Crippen molar-refractivity contribution in [2.75, 3.05) is 59.5 Å². The smallest absolute Gasteiger partial charge is 0.332 e. The minimum Gasteiger partial charge on any atom is -0.491 e. The van der Waals surface area contributed by atoms with Crippen molar-refractivity contribution in [2.45, 2.75) is 26.4 Å². The van der Waals surface area contributed by atoms with Crippen molar-refractivity contribution in [3.8, 4) is 5.75 Å². The van der Waals surface area contributed by atoms with Crippen LogP contribution in [0.1, 0.15) is 20.8 Å². The van der Waals surface area contributed by atoms with Gasteiger partial charge in [0, 0.05) is 0 Å². The van der Waals surface area contributed by atoms with Gasteiger partial charge in [-0.25, -0.2) is 4.79 Å². The summed E-state index contributed by atoms with van der Waals surface area (Å²) in [6, 6.07) is 9.62. The maximum atomic E-state index is 11.4. The zero-order chi connectivity index (χ0) is 19.8. The Labute approximate surface area is 161 Å². The Kier molecular flexibility index (Phi) is 12.5. The van der Waals surface area contributed by atoms with Crippen LogP contribution < -0.4 is 4.74 Å². The molecule has 0 aliphatic carbocycles. The van der Waals surface area contributed by atoms with Crippen molar-refractivity contribution in [3.05, 3.63) is 30.3 Å². The standard InChI is InChI=1S/C20H32O7/c1-20(2,3)27-19(21)17-25-14-13-23-10-9-22-11-12-24-15-16-26-18-7-5-4-6-8-18/h4-8H,9-17H2,1-3H3. The van der Waals surface area contributed by atoms with Crippen LogP contribution in [0.5, 0.6) is 5.75 Å². The van der Waals surface area contributed by atoms with E-state index in [2.05, 4.69) is 0 Å². The predicted molar refractivity (Wildman–Crippen MR) is 101 cm³/mol. The van der Waals surface area contributed by atoms with Gasteiger partial charge in [-0.3, -0.25) is 0 Å².